The first-order valence-corrected chi connectivity index (χ1v) is 7.54. The summed E-state index contributed by atoms with van der Waals surface area (Å²) in [5, 5.41) is 19.0. The van der Waals surface area contributed by atoms with E-state index in [0.29, 0.717) is 6.42 Å². The number of rotatable bonds is 4. The van der Waals surface area contributed by atoms with Gasteiger partial charge >= 0.3 is 5.97 Å². The summed E-state index contributed by atoms with van der Waals surface area (Å²) in [5.41, 5.74) is -1.15. The van der Waals surface area contributed by atoms with E-state index in [9.17, 15) is 14.7 Å². The minimum atomic E-state index is -1.69. The average Bonchev–Trinajstić information content (AvgIpc) is 2.48. The number of benzene rings is 1. The molecule has 0 bridgehead atoms. The molecule has 1 amide bonds. The molecule has 0 spiro atoms. The molecule has 2 rings (SSSR count). The Balaban J connectivity index is 2.01. The standard InChI is InChI=1S/C17H23NO4/c1-16(2,12-13-6-4-3-5-7-13)14(19)18-10-8-17(22,9-11-18)15(20)21/h3-7,22H,8-12H2,1-2H3,(H,20,21). The molecule has 1 fully saturated rings. The molecular formula is C17H23NO4. The summed E-state index contributed by atoms with van der Waals surface area (Å²) in [7, 11) is 0. The van der Waals surface area contributed by atoms with Gasteiger partial charge in [-0.1, -0.05) is 44.2 Å². The number of hydrogen-bond donors (Lipinski definition) is 2. The fourth-order valence-electron chi connectivity index (χ4n) is 2.90. The van der Waals surface area contributed by atoms with Gasteiger partial charge in [-0.25, -0.2) is 4.79 Å². The van der Waals surface area contributed by atoms with Crippen molar-refractivity contribution in [1.29, 1.82) is 0 Å². The lowest BCUT2D eigenvalue weighted by atomic mass is 9.82. The largest absolute Gasteiger partial charge is 0.479 e. The summed E-state index contributed by atoms with van der Waals surface area (Å²) < 4.78 is 0. The number of carbonyl (C=O) groups is 2. The van der Waals surface area contributed by atoms with Crippen molar-refractivity contribution >= 4 is 11.9 Å². The van der Waals surface area contributed by atoms with Crippen molar-refractivity contribution in [3.63, 3.8) is 0 Å². The molecule has 1 aliphatic rings. The predicted octanol–water partition coefficient (Wildman–Crippen LogP) is 1.69. The number of amides is 1. The van der Waals surface area contributed by atoms with E-state index >= 15 is 0 Å². The topological polar surface area (TPSA) is 77.8 Å². The summed E-state index contributed by atoms with van der Waals surface area (Å²) in [6.07, 6.45) is 0.789. The van der Waals surface area contributed by atoms with E-state index in [-0.39, 0.29) is 31.8 Å². The van der Waals surface area contributed by atoms with Crippen LogP contribution in [0.1, 0.15) is 32.3 Å². The van der Waals surface area contributed by atoms with Crippen molar-refractivity contribution in [3.05, 3.63) is 35.9 Å². The molecule has 0 radical (unpaired) electrons. The quantitative estimate of drug-likeness (QED) is 0.887. The minimum absolute atomic E-state index is 0.00351. The third kappa shape index (κ3) is 3.47. The molecule has 22 heavy (non-hydrogen) atoms. The summed E-state index contributed by atoms with van der Waals surface area (Å²) in [5.74, 6) is -1.20. The molecule has 5 heteroatoms. The minimum Gasteiger partial charge on any atom is -0.479 e. The predicted molar refractivity (Wildman–Crippen MR) is 82.3 cm³/mol. The van der Waals surface area contributed by atoms with Gasteiger partial charge in [0.15, 0.2) is 5.60 Å². The second kappa shape index (κ2) is 6.08. The van der Waals surface area contributed by atoms with E-state index < -0.39 is 17.0 Å². The number of carboxylic acids is 1. The first kappa shape index (κ1) is 16.5. The molecule has 1 aliphatic heterocycles. The van der Waals surface area contributed by atoms with Crippen molar-refractivity contribution < 1.29 is 19.8 Å². The zero-order chi connectivity index (χ0) is 16.4. The number of aliphatic carboxylic acids is 1. The van der Waals surface area contributed by atoms with Crippen molar-refractivity contribution in [2.24, 2.45) is 5.41 Å². The van der Waals surface area contributed by atoms with E-state index in [1.807, 2.05) is 44.2 Å². The van der Waals surface area contributed by atoms with E-state index in [2.05, 4.69) is 0 Å². The van der Waals surface area contributed by atoms with Crippen LogP contribution in [0.2, 0.25) is 0 Å². The van der Waals surface area contributed by atoms with Crippen molar-refractivity contribution in [1.82, 2.24) is 4.90 Å². The van der Waals surface area contributed by atoms with Crippen LogP contribution in [0.4, 0.5) is 0 Å². The Labute approximate surface area is 130 Å². The highest BCUT2D eigenvalue weighted by Gasteiger charge is 2.42. The Bertz CT molecular complexity index is 545. The highest BCUT2D eigenvalue weighted by molar-refractivity contribution is 5.83. The van der Waals surface area contributed by atoms with Gasteiger partial charge in [-0.2, -0.15) is 0 Å². The van der Waals surface area contributed by atoms with E-state index in [0.717, 1.165) is 5.56 Å². The molecule has 1 heterocycles. The average molecular weight is 305 g/mol. The Morgan fingerprint density at radius 2 is 1.73 bits per heavy atom. The molecule has 1 aromatic carbocycles. The highest BCUT2D eigenvalue weighted by atomic mass is 16.4. The van der Waals surface area contributed by atoms with Crippen molar-refractivity contribution in [2.75, 3.05) is 13.1 Å². The fourth-order valence-corrected chi connectivity index (χ4v) is 2.90. The van der Waals surface area contributed by atoms with Gasteiger partial charge in [-0.05, 0) is 12.0 Å². The van der Waals surface area contributed by atoms with Crippen LogP contribution >= 0.6 is 0 Å². The van der Waals surface area contributed by atoms with Crippen LogP contribution in [0, 0.1) is 5.41 Å². The molecule has 0 saturated carbocycles. The van der Waals surface area contributed by atoms with Gasteiger partial charge in [0.1, 0.15) is 0 Å². The van der Waals surface area contributed by atoms with Crippen LogP contribution in [0.5, 0.6) is 0 Å². The van der Waals surface area contributed by atoms with Crippen LogP contribution in [0.15, 0.2) is 30.3 Å². The first-order chi connectivity index (χ1) is 10.2. The van der Waals surface area contributed by atoms with E-state index in [1.54, 1.807) is 4.90 Å². The number of carboxylic acid groups (broad SMARTS) is 1. The molecule has 1 aromatic rings. The first-order valence-electron chi connectivity index (χ1n) is 7.54. The van der Waals surface area contributed by atoms with Gasteiger partial charge in [0.05, 0.1) is 0 Å². The fraction of sp³-hybridized carbons (Fsp3) is 0.529. The molecule has 2 N–H and O–H groups in total. The van der Waals surface area contributed by atoms with Gasteiger partial charge in [0.2, 0.25) is 5.91 Å². The number of hydrogen-bond acceptors (Lipinski definition) is 3. The summed E-state index contributed by atoms with van der Waals surface area (Å²) >= 11 is 0. The smallest absolute Gasteiger partial charge is 0.335 e. The molecule has 0 aliphatic carbocycles. The molecule has 0 aromatic heterocycles. The second-order valence-corrected chi connectivity index (χ2v) is 6.68. The van der Waals surface area contributed by atoms with Crippen LogP contribution in [0.3, 0.4) is 0 Å². The van der Waals surface area contributed by atoms with Crippen LogP contribution < -0.4 is 0 Å². The normalized spacial score (nSPS) is 18.0. The number of carbonyl (C=O) groups excluding carboxylic acids is 1. The lowest BCUT2D eigenvalue weighted by Gasteiger charge is -2.39. The number of nitrogens with zero attached hydrogens (tertiary/aromatic N) is 1. The lowest BCUT2D eigenvalue weighted by Crippen LogP contribution is -2.53. The highest BCUT2D eigenvalue weighted by Crippen LogP contribution is 2.29. The van der Waals surface area contributed by atoms with Gasteiger partial charge in [0.25, 0.3) is 0 Å². The third-order valence-corrected chi connectivity index (χ3v) is 4.34. The second-order valence-electron chi connectivity index (χ2n) is 6.68. The van der Waals surface area contributed by atoms with Crippen LogP contribution in [-0.2, 0) is 16.0 Å². The Hall–Kier alpha value is -1.88. The summed E-state index contributed by atoms with van der Waals surface area (Å²) in [6, 6.07) is 9.83. The Morgan fingerprint density at radius 3 is 2.23 bits per heavy atom. The molecular weight excluding hydrogens is 282 g/mol. The van der Waals surface area contributed by atoms with Gasteiger partial charge in [0, 0.05) is 31.3 Å². The van der Waals surface area contributed by atoms with Crippen LogP contribution in [-0.4, -0.2) is 45.7 Å². The summed E-state index contributed by atoms with van der Waals surface area (Å²) in [6.45, 7) is 4.36. The van der Waals surface area contributed by atoms with E-state index in [4.69, 9.17) is 5.11 Å². The number of aliphatic hydroxyl groups is 1. The van der Waals surface area contributed by atoms with Crippen LogP contribution in [0.25, 0.3) is 0 Å². The maximum atomic E-state index is 12.7. The zero-order valence-corrected chi connectivity index (χ0v) is 13.1. The maximum absolute atomic E-state index is 12.7. The molecule has 1 saturated heterocycles. The SMILES string of the molecule is CC(C)(Cc1ccccc1)C(=O)N1CCC(O)(C(=O)O)CC1. The van der Waals surface area contributed by atoms with Gasteiger partial charge in [-0.3, -0.25) is 4.79 Å². The third-order valence-electron chi connectivity index (χ3n) is 4.34. The van der Waals surface area contributed by atoms with Gasteiger partial charge in [-0.15, -0.1) is 0 Å². The molecule has 0 atom stereocenters. The molecule has 0 unspecified atom stereocenters. The molecule has 120 valence electrons. The maximum Gasteiger partial charge on any atom is 0.335 e. The summed E-state index contributed by atoms with van der Waals surface area (Å²) in [4.78, 5) is 25.4. The molecule has 5 nitrogen and oxygen atoms in total. The number of likely N-dealkylation sites (tertiary alicyclic amines) is 1. The Morgan fingerprint density at radius 1 is 1.18 bits per heavy atom. The van der Waals surface area contributed by atoms with Gasteiger partial charge < -0.3 is 15.1 Å². The van der Waals surface area contributed by atoms with Crippen molar-refractivity contribution in [3.8, 4) is 0 Å². The Kier molecular flexibility index (Phi) is 4.56. The number of piperidine rings is 1. The monoisotopic (exact) mass is 305 g/mol. The lowest BCUT2D eigenvalue weighted by molar-refractivity contribution is -0.166. The zero-order valence-electron chi connectivity index (χ0n) is 13.1. The van der Waals surface area contributed by atoms with Crippen molar-refractivity contribution in [2.45, 2.75) is 38.7 Å². The van der Waals surface area contributed by atoms with E-state index in [1.165, 1.54) is 0 Å².